The first kappa shape index (κ1) is 13.6. The molecule has 0 aromatic carbocycles. The molecule has 0 aliphatic carbocycles. The summed E-state index contributed by atoms with van der Waals surface area (Å²) in [6.45, 7) is 2.72. The van der Waals surface area contributed by atoms with Crippen LogP contribution < -0.4 is 0 Å². The van der Waals surface area contributed by atoms with Crippen molar-refractivity contribution in [3.63, 3.8) is 0 Å². The minimum atomic E-state index is -0.740. The standard InChI is InChI=1S/C13H20N2O2/c1-3-6-12(13(16)17)15(2)10-8-11-7-4-5-9-14-11/h4-5,7,9,12H,3,6,8,10H2,1-2H3,(H,16,17). The molecule has 0 aliphatic rings. The number of aromatic nitrogens is 1. The molecule has 0 saturated heterocycles. The Balaban J connectivity index is 2.47. The predicted octanol–water partition coefficient (Wildman–Crippen LogP) is 1.81. The average Bonchev–Trinajstić information content (AvgIpc) is 2.34. The summed E-state index contributed by atoms with van der Waals surface area (Å²) in [4.78, 5) is 17.2. The third-order valence-corrected chi connectivity index (χ3v) is 2.83. The van der Waals surface area contributed by atoms with E-state index in [-0.39, 0.29) is 6.04 Å². The summed E-state index contributed by atoms with van der Waals surface area (Å²) < 4.78 is 0. The summed E-state index contributed by atoms with van der Waals surface area (Å²) in [6, 6.07) is 5.40. The molecule has 17 heavy (non-hydrogen) atoms. The molecule has 1 rings (SSSR count). The molecule has 0 bridgehead atoms. The summed E-state index contributed by atoms with van der Waals surface area (Å²) in [6.07, 6.45) is 4.11. The summed E-state index contributed by atoms with van der Waals surface area (Å²) in [5, 5.41) is 9.11. The van der Waals surface area contributed by atoms with Gasteiger partial charge in [-0.1, -0.05) is 19.4 Å². The van der Waals surface area contributed by atoms with Gasteiger partial charge in [0.05, 0.1) is 0 Å². The zero-order chi connectivity index (χ0) is 12.7. The molecule has 4 nitrogen and oxygen atoms in total. The largest absolute Gasteiger partial charge is 0.480 e. The van der Waals surface area contributed by atoms with Gasteiger partial charge in [-0.05, 0) is 25.6 Å². The Hall–Kier alpha value is -1.42. The first-order valence-electron chi connectivity index (χ1n) is 5.98. The summed E-state index contributed by atoms with van der Waals surface area (Å²) in [7, 11) is 1.86. The number of carboxylic acids is 1. The maximum Gasteiger partial charge on any atom is 0.320 e. The van der Waals surface area contributed by atoms with E-state index >= 15 is 0 Å². The lowest BCUT2D eigenvalue weighted by molar-refractivity contribution is -0.143. The summed E-state index contributed by atoms with van der Waals surface area (Å²) in [5.74, 6) is -0.740. The molecule has 0 fully saturated rings. The van der Waals surface area contributed by atoms with Crippen LogP contribution >= 0.6 is 0 Å². The topological polar surface area (TPSA) is 53.4 Å². The number of likely N-dealkylation sites (N-methyl/N-ethyl adjacent to an activating group) is 1. The van der Waals surface area contributed by atoms with Crippen LogP contribution in [0.25, 0.3) is 0 Å². The fraction of sp³-hybridized carbons (Fsp3) is 0.538. The van der Waals surface area contributed by atoms with Gasteiger partial charge in [0.1, 0.15) is 6.04 Å². The Kier molecular flexibility index (Phi) is 5.63. The maximum absolute atomic E-state index is 11.1. The lowest BCUT2D eigenvalue weighted by atomic mass is 10.1. The van der Waals surface area contributed by atoms with Crippen molar-refractivity contribution in [3.8, 4) is 0 Å². The molecule has 4 heteroatoms. The molecule has 0 aliphatic heterocycles. The second-order valence-electron chi connectivity index (χ2n) is 4.19. The van der Waals surface area contributed by atoms with Crippen molar-refractivity contribution in [3.05, 3.63) is 30.1 Å². The van der Waals surface area contributed by atoms with Crippen molar-refractivity contribution in [2.45, 2.75) is 32.2 Å². The van der Waals surface area contributed by atoms with Crippen LogP contribution in [0.1, 0.15) is 25.5 Å². The van der Waals surface area contributed by atoms with E-state index < -0.39 is 5.97 Å². The molecule has 0 spiro atoms. The van der Waals surface area contributed by atoms with Crippen molar-refractivity contribution in [2.75, 3.05) is 13.6 Å². The van der Waals surface area contributed by atoms with E-state index in [9.17, 15) is 4.79 Å². The molecule has 0 saturated carbocycles. The fourth-order valence-electron chi connectivity index (χ4n) is 1.80. The molecule has 1 N–H and O–H groups in total. The van der Waals surface area contributed by atoms with Crippen molar-refractivity contribution in [1.29, 1.82) is 0 Å². The van der Waals surface area contributed by atoms with Gasteiger partial charge in [-0.2, -0.15) is 0 Å². The van der Waals surface area contributed by atoms with E-state index in [1.807, 2.05) is 37.1 Å². The number of rotatable bonds is 7. The van der Waals surface area contributed by atoms with Crippen LogP contribution in [0.3, 0.4) is 0 Å². The quantitative estimate of drug-likeness (QED) is 0.784. The van der Waals surface area contributed by atoms with Gasteiger partial charge in [0, 0.05) is 24.9 Å². The van der Waals surface area contributed by atoms with E-state index in [2.05, 4.69) is 4.98 Å². The Labute approximate surface area is 102 Å². The highest BCUT2D eigenvalue weighted by molar-refractivity contribution is 5.73. The predicted molar refractivity (Wildman–Crippen MR) is 66.9 cm³/mol. The van der Waals surface area contributed by atoms with Crippen LogP contribution in [0.2, 0.25) is 0 Å². The van der Waals surface area contributed by atoms with Crippen LogP contribution in [-0.4, -0.2) is 40.6 Å². The first-order chi connectivity index (χ1) is 8.15. The van der Waals surface area contributed by atoms with E-state index in [0.717, 1.165) is 18.5 Å². The highest BCUT2D eigenvalue weighted by Crippen LogP contribution is 2.06. The molecule has 1 aromatic rings. The maximum atomic E-state index is 11.1. The van der Waals surface area contributed by atoms with E-state index in [1.54, 1.807) is 6.20 Å². The molecule has 94 valence electrons. The lowest BCUT2D eigenvalue weighted by Crippen LogP contribution is -2.39. The Morgan fingerprint density at radius 1 is 1.53 bits per heavy atom. The van der Waals surface area contributed by atoms with Crippen LogP contribution in [0, 0.1) is 0 Å². The Bertz CT molecular complexity index is 341. The van der Waals surface area contributed by atoms with Gasteiger partial charge in [-0.15, -0.1) is 0 Å². The van der Waals surface area contributed by atoms with Crippen molar-refractivity contribution in [1.82, 2.24) is 9.88 Å². The van der Waals surface area contributed by atoms with Crippen LogP contribution in [0.15, 0.2) is 24.4 Å². The molecule has 0 radical (unpaired) electrons. The van der Waals surface area contributed by atoms with E-state index in [0.29, 0.717) is 13.0 Å². The second-order valence-corrected chi connectivity index (χ2v) is 4.19. The summed E-state index contributed by atoms with van der Waals surface area (Å²) in [5.41, 5.74) is 1.000. The molecular weight excluding hydrogens is 216 g/mol. The number of pyridine rings is 1. The molecule has 0 amide bonds. The number of carbonyl (C=O) groups is 1. The minimum absolute atomic E-state index is 0.385. The Morgan fingerprint density at radius 3 is 2.82 bits per heavy atom. The monoisotopic (exact) mass is 236 g/mol. The van der Waals surface area contributed by atoms with E-state index in [4.69, 9.17) is 5.11 Å². The van der Waals surface area contributed by atoms with Crippen molar-refractivity contribution >= 4 is 5.97 Å². The number of nitrogens with zero attached hydrogens (tertiary/aromatic N) is 2. The van der Waals surface area contributed by atoms with E-state index in [1.165, 1.54) is 0 Å². The molecule has 1 aromatic heterocycles. The Morgan fingerprint density at radius 2 is 2.29 bits per heavy atom. The zero-order valence-electron chi connectivity index (χ0n) is 10.5. The lowest BCUT2D eigenvalue weighted by Gasteiger charge is -2.23. The van der Waals surface area contributed by atoms with Gasteiger partial charge >= 0.3 is 5.97 Å². The third-order valence-electron chi connectivity index (χ3n) is 2.83. The number of hydrogen-bond acceptors (Lipinski definition) is 3. The smallest absolute Gasteiger partial charge is 0.320 e. The van der Waals surface area contributed by atoms with Gasteiger partial charge in [-0.3, -0.25) is 14.7 Å². The average molecular weight is 236 g/mol. The van der Waals surface area contributed by atoms with Gasteiger partial charge in [0.15, 0.2) is 0 Å². The SMILES string of the molecule is CCCC(C(=O)O)N(C)CCc1ccccn1. The van der Waals surface area contributed by atoms with Gasteiger partial charge < -0.3 is 5.11 Å². The molecule has 1 unspecified atom stereocenters. The highest BCUT2D eigenvalue weighted by atomic mass is 16.4. The minimum Gasteiger partial charge on any atom is -0.480 e. The van der Waals surface area contributed by atoms with Gasteiger partial charge in [-0.25, -0.2) is 0 Å². The number of aliphatic carboxylic acids is 1. The zero-order valence-corrected chi connectivity index (χ0v) is 10.5. The molecule has 1 heterocycles. The molecule has 1 atom stereocenters. The van der Waals surface area contributed by atoms with Crippen molar-refractivity contribution < 1.29 is 9.90 Å². The third kappa shape index (κ3) is 4.53. The van der Waals surface area contributed by atoms with Crippen molar-refractivity contribution in [2.24, 2.45) is 0 Å². The van der Waals surface area contributed by atoms with Gasteiger partial charge in [0.2, 0.25) is 0 Å². The second kappa shape index (κ2) is 7.01. The number of carboxylic acid groups (broad SMARTS) is 1. The van der Waals surface area contributed by atoms with Crippen LogP contribution in [0.5, 0.6) is 0 Å². The fourth-order valence-corrected chi connectivity index (χ4v) is 1.80. The first-order valence-corrected chi connectivity index (χ1v) is 5.98. The number of hydrogen-bond donors (Lipinski definition) is 1. The van der Waals surface area contributed by atoms with Gasteiger partial charge in [0.25, 0.3) is 0 Å². The normalized spacial score (nSPS) is 12.6. The summed E-state index contributed by atoms with van der Waals surface area (Å²) >= 11 is 0. The van der Waals surface area contributed by atoms with Crippen LogP contribution in [-0.2, 0) is 11.2 Å². The molecular formula is C13H20N2O2. The van der Waals surface area contributed by atoms with Crippen LogP contribution in [0.4, 0.5) is 0 Å². The highest BCUT2D eigenvalue weighted by Gasteiger charge is 2.20.